The van der Waals surface area contributed by atoms with Crippen LogP contribution in [0.25, 0.3) is 0 Å². The van der Waals surface area contributed by atoms with Crippen LogP contribution in [0.2, 0.25) is 0 Å². The van der Waals surface area contributed by atoms with Gasteiger partial charge < -0.3 is 28.5 Å². The molecule has 0 aliphatic heterocycles. The lowest BCUT2D eigenvalue weighted by atomic mass is 10.1. The Morgan fingerprint density at radius 3 is 1.34 bits per heavy atom. The number of hydrogen-bond acceptors (Lipinski definition) is 7. The summed E-state index contributed by atoms with van der Waals surface area (Å²) in [7, 11) is 5.96. The number of likely N-dealkylation sites (N-methyl/N-ethyl adjacent to an activating group) is 1. The van der Waals surface area contributed by atoms with Crippen molar-refractivity contribution in [2.24, 2.45) is 0 Å². The zero-order chi connectivity index (χ0) is 44.9. The Morgan fingerprint density at radius 1 is 0.492 bits per heavy atom. The lowest BCUT2D eigenvalue weighted by molar-refractivity contribution is -0.870. The third kappa shape index (κ3) is 45.4. The molecule has 0 aromatic carbocycles. The summed E-state index contributed by atoms with van der Waals surface area (Å²) in [5.41, 5.74) is 0. The number of unbranched alkanes of at least 4 members (excludes halogenated alkanes) is 25. The van der Waals surface area contributed by atoms with Crippen molar-refractivity contribution in [2.45, 2.75) is 232 Å². The van der Waals surface area contributed by atoms with E-state index in [1.807, 2.05) is 21.1 Å². The van der Waals surface area contributed by atoms with E-state index in [2.05, 4.69) is 50.3 Å². The molecule has 356 valence electrons. The first kappa shape index (κ1) is 58.5. The van der Waals surface area contributed by atoms with Crippen LogP contribution in [-0.4, -0.2) is 87.4 Å². The number of aliphatic carboxylic acids is 1. The number of carbonyl (C=O) groups excluding carboxylic acids is 2. The van der Waals surface area contributed by atoms with Gasteiger partial charge in [0.05, 0.1) is 34.4 Å². The van der Waals surface area contributed by atoms with Crippen molar-refractivity contribution in [3.05, 3.63) is 36.5 Å². The average Bonchev–Trinajstić information content (AvgIpc) is 3.22. The molecule has 0 aliphatic carbocycles. The number of carbonyl (C=O) groups is 3. The van der Waals surface area contributed by atoms with Crippen molar-refractivity contribution in [1.29, 1.82) is 0 Å². The number of rotatable bonds is 46. The highest BCUT2D eigenvalue weighted by Crippen LogP contribution is 2.15. The van der Waals surface area contributed by atoms with Crippen LogP contribution in [0.3, 0.4) is 0 Å². The monoisotopic (exact) mass is 863 g/mol. The minimum atomic E-state index is -1.51. The number of allylic oxidation sites excluding steroid dienone is 6. The second-order valence-electron chi connectivity index (χ2n) is 18.1. The van der Waals surface area contributed by atoms with Crippen molar-refractivity contribution in [3.8, 4) is 0 Å². The molecule has 0 saturated carbocycles. The number of ether oxygens (including phenoxy) is 4. The Labute approximate surface area is 375 Å². The molecule has 2 unspecified atom stereocenters. The zero-order valence-electron chi connectivity index (χ0n) is 40.3. The maximum atomic E-state index is 12.8. The summed E-state index contributed by atoms with van der Waals surface area (Å²) in [6.07, 6.45) is 47.7. The van der Waals surface area contributed by atoms with Crippen molar-refractivity contribution in [2.75, 3.05) is 47.5 Å². The number of nitrogens with zero attached hydrogens (tertiary/aromatic N) is 1. The third-order valence-corrected chi connectivity index (χ3v) is 10.9. The van der Waals surface area contributed by atoms with Gasteiger partial charge >= 0.3 is 17.9 Å². The lowest BCUT2D eigenvalue weighted by Crippen LogP contribution is -2.40. The maximum Gasteiger partial charge on any atom is 0.361 e. The lowest BCUT2D eigenvalue weighted by Gasteiger charge is -2.25. The van der Waals surface area contributed by atoms with Crippen molar-refractivity contribution in [1.82, 2.24) is 0 Å². The summed E-state index contributed by atoms with van der Waals surface area (Å²) in [6, 6.07) is 0. The van der Waals surface area contributed by atoms with Gasteiger partial charge in [-0.2, -0.15) is 0 Å². The van der Waals surface area contributed by atoms with Gasteiger partial charge in [0.25, 0.3) is 6.29 Å². The fraction of sp³-hybridized carbons (Fsp3) is 0.827. The molecular formula is C52H96NO8+. The predicted octanol–water partition coefficient (Wildman–Crippen LogP) is 13.8. The van der Waals surface area contributed by atoms with Crippen molar-refractivity contribution >= 4 is 17.9 Å². The molecule has 0 fully saturated rings. The quantitative estimate of drug-likeness (QED) is 0.0212. The van der Waals surface area contributed by atoms with Crippen molar-refractivity contribution < 1.29 is 42.9 Å². The van der Waals surface area contributed by atoms with Crippen LogP contribution >= 0.6 is 0 Å². The van der Waals surface area contributed by atoms with E-state index in [0.717, 1.165) is 51.4 Å². The fourth-order valence-corrected chi connectivity index (χ4v) is 6.92. The van der Waals surface area contributed by atoms with Crippen LogP contribution in [0, 0.1) is 0 Å². The summed E-state index contributed by atoms with van der Waals surface area (Å²) >= 11 is 0. The molecule has 0 amide bonds. The molecule has 9 nitrogen and oxygen atoms in total. The molecule has 9 heteroatoms. The minimum absolute atomic E-state index is 0.185. The molecule has 0 bridgehead atoms. The second kappa shape index (κ2) is 44.1. The van der Waals surface area contributed by atoms with Gasteiger partial charge in [-0.3, -0.25) is 9.59 Å². The standard InChI is InChI=1S/C52H95NO8/c1-6-8-10-12-14-16-18-20-22-24-25-27-28-30-32-34-36-38-40-42-49(54)59-46-48(47-60-52(51(56)57)58-45-44-53(3,4)5)61-50(55)43-41-39-37-35-33-31-29-26-23-21-19-17-15-13-11-9-7-2/h15,17,20-23,48,52H,6-14,16,18-19,24-47H2,1-5H3/p+1/b17-15-,22-20-,23-21-. The summed E-state index contributed by atoms with van der Waals surface area (Å²) in [5, 5.41) is 9.66. The smallest absolute Gasteiger partial charge is 0.361 e. The Bertz CT molecular complexity index is 1100. The SMILES string of the molecule is CCCCC/C=C\C/C=C\CCCCCCCCCC(=O)OC(COC(=O)CCCCCCCCCCC/C=C\CCCCCCCC)COC(OCC[N+](C)(C)C)C(=O)O. The highest BCUT2D eigenvalue weighted by molar-refractivity contribution is 5.71. The summed E-state index contributed by atoms with van der Waals surface area (Å²) in [5.74, 6) is -2.01. The highest BCUT2D eigenvalue weighted by atomic mass is 16.7. The van der Waals surface area contributed by atoms with Gasteiger partial charge in [0.2, 0.25) is 0 Å². The first-order valence-electron chi connectivity index (χ1n) is 25.2. The van der Waals surface area contributed by atoms with Gasteiger partial charge in [-0.25, -0.2) is 4.79 Å². The van der Waals surface area contributed by atoms with Crippen LogP contribution in [0.4, 0.5) is 0 Å². The number of esters is 2. The van der Waals surface area contributed by atoms with Crippen LogP contribution < -0.4 is 0 Å². The molecule has 0 radical (unpaired) electrons. The van der Waals surface area contributed by atoms with Gasteiger partial charge in [-0.1, -0.05) is 172 Å². The number of carboxylic acids is 1. The van der Waals surface area contributed by atoms with Crippen LogP contribution in [-0.2, 0) is 33.3 Å². The molecule has 0 spiro atoms. The highest BCUT2D eigenvalue weighted by Gasteiger charge is 2.25. The predicted molar refractivity (Wildman–Crippen MR) is 254 cm³/mol. The second-order valence-corrected chi connectivity index (χ2v) is 18.1. The van der Waals surface area contributed by atoms with E-state index in [-0.39, 0.29) is 32.2 Å². The summed E-state index contributed by atoms with van der Waals surface area (Å²) in [4.78, 5) is 37.2. The summed E-state index contributed by atoms with van der Waals surface area (Å²) in [6.45, 7) is 4.85. The van der Waals surface area contributed by atoms with Gasteiger partial charge in [0.1, 0.15) is 13.2 Å². The molecule has 0 rings (SSSR count). The van der Waals surface area contributed by atoms with Crippen LogP contribution in [0.1, 0.15) is 219 Å². The van der Waals surface area contributed by atoms with Gasteiger partial charge in [-0.15, -0.1) is 0 Å². The van der Waals surface area contributed by atoms with E-state index in [9.17, 15) is 19.5 Å². The average molecular weight is 863 g/mol. The Morgan fingerprint density at radius 2 is 0.885 bits per heavy atom. The minimum Gasteiger partial charge on any atom is -0.477 e. The van der Waals surface area contributed by atoms with E-state index in [4.69, 9.17) is 18.9 Å². The molecule has 0 aromatic rings. The number of quaternary nitrogens is 1. The topological polar surface area (TPSA) is 108 Å². The molecule has 2 atom stereocenters. The Hall–Kier alpha value is -2.49. The Balaban J connectivity index is 4.36. The molecule has 0 heterocycles. The number of carboxylic acid groups (broad SMARTS) is 1. The molecular weight excluding hydrogens is 767 g/mol. The van der Waals surface area contributed by atoms with Gasteiger partial charge in [0.15, 0.2) is 6.10 Å². The molecule has 0 saturated heterocycles. The van der Waals surface area contributed by atoms with E-state index in [1.165, 1.54) is 135 Å². The normalized spacial score (nSPS) is 13.1. The third-order valence-electron chi connectivity index (χ3n) is 10.9. The molecule has 0 aromatic heterocycles. The number of hydrogen-bond donors (Lipinski definition) is 1. The summed E-state index contributed by atoms with van der Waals surface area (Å²) < 4.78 is 22.8. The fourth-order valence-electron chi connectivity index (χ4n) is 6.92. The molecule has 61 heavy (non-hydrogen) atoms. The zero-order valence-corrected chi connectivity index (χ0v) is 40.3. The maximum absolute atomic E-state index is 12.8. The van der Waals surface area contributed by atoms with E-state index < -0.39 is 24.3 Å². The van der Waals surface area contributed by atoms with E-state index in [0.29, 0.717) is 23.9 Å². The Kier molecular flexibility index (Phi) is 42.3. The van der Waals surface area contributed by atoms with Crippen molar-refractivity contribution in [3.63, 3.8) is 0 Å². The van der Waals surface area contributed by atoms with Gasteiger partial charge in [-0.05, 0) is 70.6 Å². The first-order chi connectivity index (χ1) is 29.6. The van der Waals surface area contributed by atoms with E-state index in [1.54, 1.807) is 0 Å². The van der Waals surface area contributed by atoms with E-state index >= 15 is 0 Å². The molecule has 1 N–H and O–H groups in total. The van der Waals surface area contributed by atoms with Gasteiger partial charge in [0, 0.05) is 12.8 Å². The largest absolute Gasteiger partial charge is 0.477 e. The molecule has 0 aliphatic rings. The van der Waals surface area contributed by atoms with Crippen LogP contribution in [0.5, 0.6) is 0 Å². The first-order valence-corrected chi connectivity index (χ1v) is 25.2. The van der Waals surface area contributed by atoms with Crippen LogP contribution in [0.15, 0.2) is 36.5 Å².